The zero-order valence-electron chi connectivity index (χ0n) is 9.35. The summed E-state index contributed by atoms with van der Waals surface area (Å²) in [5.74, 6) is -0.254. The van der Waals surface area contributed by atoms with Crippen LogP contribution in [0.15, 0.2) is 47.3 Å². The van der Waals surface area contributed by atoms with Gasteiger partial charge in [-0.2, -0.15) is 0 Å². The fourth-order valence-corrected chi connectivity index (χ4v) is 2.83. The first-order valence-corrected chi connectivity index (χ1v) is 6.27. The summed E-state index contributed by atoms with van der Waals surface area (Å²) in [5.41, 5.74) is 0.851. The molecule has 0 fully saturated rings. The number of ketones is 1. The number of thiophene rings is 1. The predicted octanol–water partition coefficient (Wildman–Crippen LogP) is 4.06. The first-order chi connectivity index (χ1) is 8.72. The van der Waals surface area contributed by atoms with Gasteiger partial charge in [0.15, 0.2) is 5.78 Å². The van der Waals surface area contributed by atoms with E-state index in [1.807, 2.05) is 6.07 Å². The van der Waals surface area contributed by atoms with Crippen molar-refractivity contribution in [1.29, 1.82) is 0 Å². The summed E-state index contributed by atoms with van der Waals surface area (Å²) in [4.78, 5) is 12.7. The van der Waals surface area contributed by atoms with Crippen molar-refractivity contribution in [3.63, 3.8) is 0 Å². The molecule has 2 heterocycles. The summed E-state index contributed by atoms with van der Waals surface area (Å²) in [6, 6.07) is 8.12. The zero-order chi connectivity index (χ0) is 12.5. The van der Waals surface area contributed by atoms with E-state index in [1.165, 1.54) is 23.5 Å². The normalized spacial score (nSPS) is 10.9. The maximum Gasteiger partial charge on any atom is 0.177 e. The Hall–Kier alpha value is -1.94. The third kappa shape index (κ3) is 2.07. The van der Waals surface area contributed by atoms with Gasteiger partial charge < -0.3 is 4.42 Å². The monoisotopic (exact) mass is 260 g/mol. The Morgan fingerprint density at radius 1 is 1.28 bits per heavy atom. The van der Waals surface area contributed by atoms with Gasteiger partial charge in [0.25, 0.3) is 0 Å². The third-order valence-corrected chi connectivity index (χ3v) is 3.84. The van der Waals surface area contributed by atoms with Gasteiger partial charge in [-0.25, -0.2) is 4.39 Å². The van der Waals surface area contributed by atoms with E-state index in [1.54, 1.807) is 24.7 Å². The Morgan fingerprint density at radius 3 is 2.94 bits per heavy atom. The van der Waals surface area contributed by atoms with Crippen molar-refractivity contribution in [2.45, 2.75) is 6.42 Å². The number of benzene rings is 1. The lowest BCUT2D eigenvalue weighted by Crippen LogP contribution is -1.99. The highest BCUT2D eigenvalue weighted by Crippen LogP contribution is 2.27. The Kier molecular flexibility index (Phi) is 2.72. The maximum absolute atomic E-state index is 13.1. The Balaban J connectivity index is 1.92. The van der Waals surface area contributed by atoms with Crippen molar-refractivity contribution in [3.8, 4) is 0 Å². The fraction of sp³-hybridized carbons (Fsp3) is 0.0714. The predicted molar refractivity (Wildman–Crippen MR) is 68.5 cm³/mol. The van der Waals surface area contributed by atoms with Gasteiger partial charge in [0.2, 0.25) is 0 Å². The molecule has 1 aromatic carbocycles. The molecule has 0 aliphatic carbocycles. The van der Waals surface area contributed by atoms with Gasteiger partial charge in [-0.15, -0.1) is 11.3 Å². The smallest absolute Gasteiger partial charge is 0.177 e. The second kappa shape index (κ2) is 4.38. The summed E-state index contributed by atoms with van der Waals surface area (Å²) in [6.07, 6.45) is 3.42. The van der Waals surface area contributed by atoms with Gasteiger partial charge in [0.1, 0.15) is 5.82 Å². The summed E-state index contributed by atoms with van der Waals surface area (Å²) in [5, 5.41) is 0.900. The number of furan rings is 1. The van der Waals surface area contributed by atoms with Crippen LogP contribution in [0.5, 0.6) is 0 Å². The first-order valence-electron chi connectivity index (χ1n) is 5.46. The van der Waals surface area contributed by atoms with Gasteiger partial charge in [-0.3, -0.25) is 4.79 Å². The van der Waals surface area contributed by atoms with Gasteiger partial charge in [0.05, 0.1) is 17.4 Å². The van der Waals surface area contributed by atoms with E-state index in [9.17, 15) is 9.18 Å². The van der Waals surface area contributed by atoms with Gasteiger partial charge in [-0.05, 0) is 35.2 Å². The molecule has 0 radical (unpaired) electrons. The maximum atomic E-state index is 13.1. The molecule has 90 valence electrons. The zero-order valence-corrected chi connectivity index (χ0v) is 10.2. The first kappa shape index (κ1) is 11.2. The van der Waals surface area contributed by atoms with E-state index in [0.717, 1.165) is 15.6 Å². The summed E-state index contributed by atoms with van der Waals surface area (Å²) in [7, 11) is 0. The number of carbonyl (C=O) groups is 1. The Labute approximate surface area is 107 Å². The average Bonchev–Trinajstić information content (AvgIpc) is 2.96. The van der Waals surface area contributed by atoms with Gasteiger partial charge in [0, 0.05) is 11.1 Å². The van der Waals surface area contributed by atoms with E-state index < -0.39 is 0 Å². The molecule has 0 N–H and O–H groups in total. The van der Waals surface area contributed by atoms with Crippen LogP contribution in [0.25, 0.3) is 10.1 Å². The molecule has 18 heavy (non-hydrogen) atoms. The highest BCUT2D eigenvalue weighted by atomic mass is 32.1. The number of rotatable bonds is 3. The molecule has 2 nitrogen and oxygen atoms in total. The van der Waals surface area contributed by atoms with E-state index >= 15 is 0 Å². The minimum absolute atomic E-state index is 0.0259. The van der Waals surface area contributed by atoms with Crippen molar-refractivity contribution < 1.29 is 13.6 Å². The van der Waals surface area contributed by atoms with Crippen LogP contribution < -0.4 is 0 Å². The number of hydrogen-bond donors (Lipinski definition) is 0. The van der Waals surface area contributed by atoms with Crippen LogP contribution in [0.3, 0.4) is 0 Å². The van der Waals surface area contributed by atoms with Gasteiger partial charge >= 0.3 is 0 Å². The average molecular weight is 260 g/mol. The van der Waals surface area contributed by atoms with Crippen molar-refractivity contribution in [2.24, 2.45) is 0 Å². The minimum atomic E-state index is -0.279. The minimum Gasteiger partial charge on any atom is -0.472 e. The highest BCUT2D eigenvalue weighted by Gasteiger charge is 2.12. The van der Waals surface area contributed by atoms with Crippen molar-refractivity contribution in [2.75, 3.05) is 0 Å². The molecule has 0 atom stereocenters. The molecule has 0 aliphatic heterocycles. The van der Waals surface area contributed by atoms with E-state index in [-0.39, 0.29) is 11.6 Å². The van der Waals surface area contributed by atoms with Crippen LogP contribution in [-0.4, -0.2) is 5.78 Å². The van der Waals surface area contributed by atoms with Crippen molar-refractivity contribution in [3.05, 3.63) is 59.1 Å². The quantitative estimate of drug-likeness (QED) is 0.665. The number of Topliss-reactive ketones (excluding diaryl/α,β-unsaturated/α-hetero) is 1. The van der Waals surface area contributed by atoms with Crippen LogP contribution >= 0.6 is 11.3 Å². The third-order valence-electron chi connectivity index (χ3n) is 2.70. The van der Waals surface area contributed by atoms with Crippen LogP contribution in [0, 0.1) is 5.82 Å². The number of halogens is 1. The lowest BCUT2D eigenvalue weighted by atomic mass is 10.1. The topological polar surface area (TPSA) is 30.2 Å². The number of fused-ring (bicyclic) bond motifs is 1. The van der Waals surface area contributed by atoms with Crippen LogP contribution in [0.1, 0.15) is 15.2 Å². The molecule has 0 saturated carbocycles. The second-order valence-corrected chi connectivity index (χ2v) is 5.11. The summed E-state index contributed by atoms with van der Waals surface area (Å²) >= 11 is 1.32. The molecule has 0 unspecified atom stereocenters. The largest absolute Gasteiger partial charge is 0.472 e. The SMILES string of the molecule is O=C(Cc1ccoc1)c1cc2ccc(F)cc2s1. The highest BCUT2D eigenvalue weighted by molar-refractivity contribution is 7.20. The molecule has 4 heteroatoms. The van der Waals surface area contributed by atoms with Crippen LogP contribution in [0.2, 0.25) is 0 Å². The van der Waals surface area contributed by atoms with Gasteiger partial charge in [-0.1, -0.05) is 6.07 Å². The Bertz CT molecular complexity index is 698. The molecule has 3 rings (SSSR count). The molecule has 0 aliphatic rings. The van der Waals surface area contributed by atoms with Crippen LogP contribution in [-0.2, 0) is 6.42 Å². The van der Waals surface area contributed by atoms with Crippen LogP contribution in [0.4, 0.5) is 4.39 Å². The van der Waals surface area contributed by atoms with E-state index in [2.05, 4.69) is 0 Å². The molecular weight excluding hydrogens is 251 g/mol. The number of hydrogen-bond acceptors (Lipinski definition) is 3. The molecule has 0 saturated heterocycles. The molecule has 0 bridgehead atoms. The molecular formula is C14H9FO2S. The van der Waals surface area contributed by atoms with Crippen molar-refractivity contribution >= 4 is 27.2 Å². The standard InChI is InChI=1S/C14H9FO2S/c15-11-2-1-10-6-14(18-13(10)7-11)12(16)5-9-3-4-17-8-9/h1-4,6-8H,5H2. The fourth-order valence-electron chi connectivity index (χ4n) is 1.81. The van der Waals surface area contributed by atoms with E-state index in [0.29, 0.717) is 11.3 Å². The second-order valence-electron chi connectivity index (χ2n) is 4.02. The number of carbonyl (C=O) groups excluding carboxylic acids is 1. The lowest BCUT2D eigenvalue weighted by Gasteiger charge is -1.93. The Morgan fingerprint density at radius 2 is 2.17 bits per heavy atom. The molecule has 2 aromatic heterocycles. The summed E-state index contributed by atoms with van der Waals surface area (Å²) in [6.45, 7) is 0. The lowest BCUT2D eigenvalue weighted by molar-refractivity contribution is 0.0996. The summed E-state index contributed by atoms with van der Waals surface area (Å²) < 4.78 is 18.8. The molecule has 3 aromatic rings. The van der Waals surface area contributed by atoms with E-state index in [4.69, 9.17) is 4.42 Å². The molecule has 0 amide bonds. The van der Waals surface area contributed by atoms with Crippen molar-refractivity contribution in [1.82, 2.24) is 0 Å². The molecule has 0 spiro atoms.